The Bertz CT molecular complexity index is 645. The maximum Gasteiger partial charge on any atom is 0.311 e. The Morgan fingerprint density at radius 3 is 0.848 bits per heavy atom. The van der Waals surface area contributed by atoms with Gasteiger partial charge in [0, 0.05) is 0 Å². The van der Waals surface area contributed by atoms with Crippen LogP contribution in [0.15, 0.2) is 0 Å². The van der Waals surface area contributed by atoms with Crippen molar-refractivity contribution in [1.82, 2.24) is 0 Å². The van der Waals surface area contributed by atoms with E-state index in [0.29, 0.717) is 12.8 Å². The molecule has 0 saturated heterocycles. The van der Waals surface area contributed by atoms with Gasteiger partial charge in [0.2, 0.25) is 0 Å². The van der Waals surface area contributed by atoms with Crippen LogP contribution in [-0.2, 0) is 19.1 Å². The second-order valence-corrected chi connectivity index (χ2v) is 15.0. The summed E-state index contributed by atoms with van der Waals surface area (Å²) in [7, 11) is 7.65. The van der Waals surface area contributed by atoms with E-state index < -0.39 is 0 Å². The molecule has 0 aliphatic heterocycles. The van der Waals surface area contributed by atoms with Crippen LogP contribution in [0.4, 0.5) is 0 Å². The van der Waals surface area contributed by atoms with Gasteiger partial charge in [-0.1, -0.05) is 142 Å². The number of hydrogen-bond acceptors (Lipinski definition) is 4. The third-order valence-electron chi connectivity index (χ3n) is 10.4. The Balaban J connectivity index is 4.69. The fourth-order valence-electron chi connectivity index (χ4n) is 6.75. The summed E-state index contributed by atoms with van der Waals surface area (Å²) in [5.41, 5.74) is 0. The van der Waals surface area contributed by atoms with Crippen LogP contribution < -0.4 is 0 Å². The van der Waals surface area contributed by atoms with Crippen LogP contribution in [0, 0.1) is 0 Å². The van der Waals surface area contributed by atoms with Crippen molar-refractivity contribution in [1.29, 1.82) is 0 Å². The summed E-state index contributed by atoms with van der Waals surface area (Å²) in [5.74, 6) is -0.225. The van der Waals surface area contributed by atoms with E-state index in [1.54, 1.807) is 0 Å². The second kappa shape index (κ2) is 31.1. The molecule has 0 aliphatic carbocycles. The molecule has 0 amide bonds. The Labute approximate surface area is 287 Å². The van der Waals surface area contributed by atoms with Crippen LogP contribution in [0.25, 0.3) is 0 Å². The van der Waals surface area contributed by atoms with Crippen LogP contribution >= 0.6 is 0 Å². The van der Waals surface area contributed by atoms with Crippen LogP contribution in [0.3, 0.4) is 0 Å². The Hall–Kier alpha value is -1.14. The largest absolute Gasteiger partial charge is 0.469 e. The van der Waals surface area contributed by atoms with Gasteiger partial charge in [-0.25, -0.2) is 0 Å². The van der Waals surface area contributed by atoms with Gasteiger partial charge in [0.05, 0.1) is 67.3 Å². The first-order chi connectivity index (χ1) is 22.2. The maximum absolute atomic E-state index is 12.1. The van der Waals surface area contributed by atoms with E-state index in [4.69, 9.17) is 9.47 Å². The lowest BCUT2D eigenvalue weighted by atomic mass is 10.0. The molecule has 46 heavy (non-hydrogen) atoms. The molecule has 0 saturated carbocycles. The van der Waals surface area contributed by atoms with Gasteiger partial charge in [-0.05, 0) is 25.7 Å². The number of nitrogens with zero attached hydrogens (tertiary/aromatic N) is 2. The highest BCUT2D eigenvalue weighted by Crippen LogP contribution is 2.18. The van der Waals surface area contributed by atoms with Gasteiger partial charge in [0.25, 0.3) is 0 Å². The SMILES string of the molecule is CCCCCCCCCCCCCC[N+](C)(CCC(=O)OC)CC[N+](C)(CCCCCCCCCCCCCC)CCC(=O)OC. The number of carbonyl (C=O) groups excluding carboxylic acids is 2. The molecule has 0 spiro atoms. The van der Waals surface area contributed by atoms with E-state index in [9.17, 15) is 9.59 Å². The number of quaternary nitrogens is 2. The zero-order chi connectivity index (χ0) is 34.2. The van der Waals surface area contributed by atoms with Crippen molar-refractivity contribution >= 4 is 11.9 Å². The summed E-state index contributed by atoms with van der Waals surface area (Å²) >= 11 is 0. The molecule has 6 nitrogen and oxygen atoms in total. The van der Waals surface area contributed by atoms with Gasteiger partial charge in [-0.3, -0.25) is 9.59 Å². The van der Waals surface area contributed by atoms with Crippen molar-refractivity contribution in [2.75, 3.05) is 67.6 Å². The fourth-order valence-corrected chi connectivity index (χ4v) is 6.75. The number of carbonyl (C=O) groups is 2. The number of methoxy groups -OCH3 is 2. The Kier molecular flexibility index (Phi) is 30.4. The second-order valence-electron chi connectivity index (χ2n) is 15.0. The molecule has 0 bridgehead atoms. The summed E-state index contributed by atoms with van der Waals surface area (Å²) in [5, 5.41) is 0. The average molecular weight is 655 g/mol. The zero-order valence-electron chi connectivity index (χ0n) is 32.2. The smallest absolute Gasteiger partial charge is 0.311 e. The molecule has 0 rings (SSSR count). The molecule has 0 heterocycles. The number of rotatable bonds is 35. The molecule has 274 valence electrons. The lowest BCUT2D eigenvalue weighted by molar-refractivity contribution is -0.963. The predicted molar refractivity (Wildman–Crippen MR) is 197 cm³/mol. The minimum atomic E-state index is -0.113. The van der Waals surface area contributed by atoms with Crippen LogP contribution in [-0.4, -0.2) is 88.5 Å². The van der Waals surface area contributed by atoms with Gasteiger partial charge >= 0.3 is 11.9 Å². The molecular formula is C40H82N2O4+2. The third-order valence-corrected chi connectivity index (χ3v) is 10.4. The van der Waals surface area contributed by atoms with Crippen molar-refractivity contribution in [2.45, 2.75) is 181 Å². The third kappa shape index (κ3) is 27.9. The van der Waals surface area contributed by atoms with Gasteiger partial charge in [0.1, 0.15) is 13.1 Å². The highest BCUT2D eigenvalue weighted by molar-refractivity contribution is 5.69. The zero-order valence-corrected chi connectivity index (χ0v) is 32.2. The molecule has 0 radical (unpaired) electrons. The average Bonchev–Trinajstić information content (AvgIpc) is 3.06. The maximum atomic E-state index is 12.1. The first kappa shape index (κ1) is 44.9. The number of likely N-dealkylation sites (N-methyl/N-ethyl adjacent to an activating group) is 2. The molecule has 0 N–H and O–H groups in total. The normalized spacial score (nSPS) is 14.1. The van der Waals surface area contributed by atoms with Crippen molar-refractivity contribution in [3.8, 4) is 0 Å². The number of ether oxygens (including phenoxy) is 2. The van der Waals surface area contributed by atoms with Gasteiger partial charge in [-0.15, -0.1) is 0 Å². The van der Waals surface area contributed by atoms with Crippen molar-refractivity contribution < 1.29 is 28.0 Å². The first-order valence-corrected chi connectivity index (χ1v) is 20.0. The lowest BCUT2D eigenvalue weighted by Crippen LogP contribution is -2.56. The molecule has 6 heteroatoms. The molecular weight excluding hydrogens is 572 g/mol. The van der Waals surface area contributed by atoms with Gasteiger partial charge < -0.3 is 18.4 Å². The highest BCUT2D eigenvalue weighted by atomic mass is 16.5. The fraction of sp³-hybridized carbons (Fsp3) is 0.950. The van der Waals surface area contributed by atoms with E-state index in [1.807, 2.05) is 0 Å². The molecule has 2 atom stereocenters. The summed E-state index contributed by atoms with van der Waals surface area (Å²) < 4.78 is 11.8. The Morgan fingerprint density at radius 1 is 0.370 bits per heavy atom. The topological polar surface area (TPSA) is 52.6 Å². The summed E-state index contributed by atoms with van der Waals surface area (Å²) in [6.45, 7) is 10.4. The summed E-state index contributed by atoms with van der Waals surface area (Å²) in [4.78, 5) is 24.2. The van der Waals surface area contributed by atoms with E-state index >= 15 is 0 Å². The van der Waals surface area contributed by atoms with E-state index in [0.717, 1.165) is 48.2 Å². The van der Waals surface area contributed by atoms with Gasteiger partial charge in [-0.2, -0.15) is 0 Å². The van der Waals surface area contributed by atoms with E-state index in [2.05, 4.69) is 27.9 Å². The minimum Gasteiger partial charge on any atom is -0.469 e. The standard InChI is InChI=1S/C40H82N2O4/c1-7-9-11-13-15-17-19-21-23-25-27-29-33-41(3,35-31-39(43)45-5)37-38-42(4,36-32-40(44)46-6)34-30-28-26-24-22-20-18-16-14-12-10-8-2/h7-38H2,1-6H3/q+2. The highest BCUT2D eigenvalue weighted by Gasteiger charge is 2.30. The number of esters is 2. The lowest BCUT2D eigenvalue weighted by Gasteiger charge is -2.40. The van der Waals surface area contributed by atoms with Gasteiger partial charge in [0.15, 0.2) is 0 Å². The first-order valence-electron chi connectivity index (χ1n) is 20.0. The Morgan fingerprint density at radius 2 is 0.609 bits per heavy atom. The summed E-state index contributed by atoms with van der Waals surface area (Å²) in [6, 6.07) is 0. The molecule has 0 aromatic rings. The summed E-state index contributed by atoms with van der Waals surface area (Å²) in [6.07, 6.45) is 33.5. The number of unbranched alkanes of at least 4 members (excludes halogenated alkanes) is 22. The molecule has 0 fully saturated rings. The number of hydrogen-bond donors (Lipinski definition) is 0. The predicted octanol–water partition coefficient (Wildman–Crippen LogP) is 10.4. The van der Waals surface area contributed by atoms with E-state index in [1.165, 1.54) is 168 Å². The monoisotopic (exact) mass is 655 g/mol. The van der Waals surface area contributed by atoms with Crippen LogP contribution in [0.5, 0.6) is 0 Å². The molecule has 0 aromatic heterocycles. The molecule has 2 unspecified atom stereocenters. The van der Waals surface area contributed by atoms with Crippen LogP contribution in [0.1, 0.15) is 181 Å². The van der Waals surface area contributed by atoms with Crippen molar-refractivity contribution in [3.05, 3.63) is 0 Å². The molecule has 0 aromatic carbocycles. The molecule has 0 aliphatic rings. The van der Waals surface area contributed by atoms with Crippen LogP contribution in [0.2, 0.25) is 0 Å². The minimum absolute atomic E-state index is 0.113. The van der Waals surface area contributed by atoms with Crippen molar-refractivity contribution in [3.63, 3.8) is 0 Å². The van der Waals surface area contributed by atoms with Crippen molar-refractivity contribution in [2.24, 2.45) is 0 Å². The quantitative estimate of drug-likeness (QED) is 0.0388. The van der Waals surface area contributed by atoms with E-state index in [-0.39, 0.29) is 11.9 Å².